The summed E-state index contributed by atoms with van der Waals surface area (Å²) in [6.45, 7) is 4.53. The Morgan fingerprint density at radius 2 is 1.83 bits per heavy atom. The minimum atomic E-state index is 0.0808. The van der Waals surface area contributed by atoms with Gasteiger partial charge in [0.2, 0.25) is 0 Å². The standard InChI is InChI=1S/C14H21BrO3/c1-12-5-3-4-6-13(12)14(11-15)18-10-9-17-8-7-16-2/h3-6,14H,7-11H2,1-2H3. The maximum absolute atomic E-state index is 5.83. The molecule has 18 heavy (non-hydrogen) atoms. The van der Waals surface area contributed by atoms with E-state index in [1.165, 1.54) is 11.1 Å². The zero-order valence-corrected chi connectivity index (χ0v) is 12.6. The lowest BCUT2D eigenvalue weighted by atomic mass is 10.0. The molecule has 0 aromatic heterocycles. The highest BCUT2D eigenvalue weighted by atomic mass is 79.9. The molecule has 4 heteroatoms. The zero-order valence-electron chi connectivity index (χ0n) is 11.0. The van der Waals surface area contributed by atoms with Crippen LogP contribution in [0.25, 0.3) is 0 Å². The van der Waals surface area contributed by atoms with Crippen molar-refractivity contribution in [3.8, 4) is 0 Å². The monoisotopic (exact) mass is 316 g/mol. The molecule has 0 N–H and O–H groups in total. The average molecular weight is 317 g/mol. The van der Waals surface area contributed by atoms with E-state index in [0.29, 0.717) is 26.4 Å². The van der Waals surface area contributed by atoms with Crippen molar-refractivity contribution in [3.63, 3.8) is 0 Å². The average Bonchev–Trinajstić information content (AvgIpc) is 2.39. The summed E-state index contributed by atoms with van der Waals surface area (Å²) in [7, 11) is 1.67. The summed E-state index contributed by atoms with van der Waals surface area (Å²) in [6.07, 6.45) is 0.0808. The van der Waals surface area contributed by atoms with Crippen LogP contribution in [-0.4, -0.2) is 38.9 Å². The van der Waals surface area contributed by atoms with Gasteiger partial charge in [-0.25, -0.2) is 0 Å². The maximum Gasteiger partial charge on any atom is 0.0925 e. The number of hydrogen-bond donors (Lipinski definition) is 0. The molecule has 0 heterocycles. The van der Waals surface area contributed by atoms with Crippen molar-refractivity contribution >= 4 is 15.9 Å². The first-order valence-corrected chi connectivity index (χ1v) is 7.21. The van der Waals surface area contributed by atoms with E-state index in [0.717, 1.165) is 5.33 Å². The molecule has 1 rings (SSSR count). The Bertz CT molecular complexity index is 331. The Morgan fingerprint density at radius 1 is 1.11 bits per heavy atom. The molecule has 0 radical (unpaired) electrons. The van der Waals surface area contributed by atoms with Gasteiger partial charge >= 0.3 is 0 Å². The van der Waals surface area contributed by atoms with E-state index in [9.17, 15) is 0 Å². The third-order valence-electron chi connectivity index (χ3n) is 2.65. The third-order valence-corrected chi connectivity index (χ3v) is 3.24. The van der Waals surface area contributed by atoms with Crippen molar-refractivity contribution in [2.75, 3.05) is 38.9 Å². The van der Waals surface area contributed by atoms with Crippen LogP contribution in [0.15, 0.2) is 24.3 Å². The lowest BCUT2D eigenvalue weighted by Gasteiger charge is -2.18. The van der Waals surface area contributed by atoms with Gasteiger partial charge < -0.3 is 14.2 Å². The first kappa shape index (κ1) is 15.6. The van der Waals surface area contributed by atoms with E-state index in [2.05, 4.69) is 35.0 Å². The van der Waals surface area contributed by atoms with Crippen LogP contribution in [0.1, 0.15) is 17.2 Å². The number of hydrogen-bond acceptors (Lipinski definition) is 3. The molecule has 0 aliphatic heterocycles. The van der Waals surface area contributed by atoms with Gasteiger partial charge in [0.25, 0.3) is 0 Å². The van der Waals surface area contributed by atoms with Gasteiger partial charge in [-0.2, -0.15) is 0 Å². The van der Waals surface area contributed by atoms with Crippen molar-refractivity contribution in [1.29, 1.82) is 0 Å². The molecule has 3 nitrogen and oxygen atoms in total. The molecular weight excluding hydrogens is 296 g/mol. The van der Waals surface area contributed by atoms with Crippen molar-refractivity contribution < 1.29 is 14.2 Å². The number of benzene rings is 1. The van der Waals surface area contributed by atoms with Crippen molar-refractivity contribution in [2.24, 2.45) is 0 Å². The predicted octanol–water partition coefficient (Wildman–Crippen LogP) is 3.11. The number of aryl methyl sites for hydroxylation is 1. The van der Waals surface area contributed by atoms with E-state index in [1.54, 1.807) is 7.11 Å². The van der Waals surface area contributed by atoms with Gasteiger partial charge in [0.15, 0.2) is 0 Å². The van der Waals surface area contributed by atoms with Crippen LogP contribution in [0.4, 0.5) is 0 Å². The summed E-state index contributed by atoms with van der Waals surface area (Å²) >= 11 is 3.49. The largest absolute Gasteiger partial charge is 0.382 e. The fourth-order valence-corrected chi connectivity index (χ4v) is 2.19. The van der Waals surface area contributed by atoms with Gasteiger partial charge in [-0.1, -0.05) is 40.2 Å². The predicted molar refractivity (Wildman–Crippen MR) is 76.4 cm³/mol. The summed E-state index contributed by atoms with van der Waals surface area (Å²) in [6, 6.07) is 8.28. The highest BCUT2D eigenvalue weighted by Gasteiger charge is 2.12. The van der Waals surface area contributed by atoms with Gasteiger partial charge in [-0.05, 0) is 18.1 Å². The van der Waals surface area contributed by atoms with Crippen molar-refractivity contribution in [1.82, 2.24) is 0 Å². The summed E-state index contributed by atoms with van der Waals surface area (Å²) in [5.74, 6) is 0. The lowest BCUT2D eigenvalue weighted by molar-refractivity contribution is 0.000561. The second-order valence-electron chi connectivity index (χ2n) is 3.98. The van der Waals surface area contributed by atoms with Gasteiger partial charge in [-0.3, -0.25) is 0 Å². The summed E-state index contributed by atoms with van der Waals surface area (Å²) in [5.41, 5.74) is 2.48. The summed E-state index contributed by atoms with van der Waals surface area (Å²) < 4.78 is 16.1. The maximum atomic E-state index is 5.83. The summed E-state index contributed by atoms with van der Waals surface area (Å²) in [4.78, 5) is 0. The van der Waals surface area contributed by atoms with E-state index >= 15 is 0 Å². The van der Waals surface area contributed by atoms with E-state index in [-0.39, 0.29) is 6.10 Å². The number of rotatable bonds is 9. The smallest absolute Gasteiger partial charge is 0.0925 e. The molecule has 1 unspecified atom stereocenters. The minimum Gasteiger partial charge on any atom is -0.382 e. The molecule has 0 spiro atoms. The summed E-state index contributed by atoms with van der Waals surface area (Å²) in [5, 5.41) is 0.788. The normalized spacial score (nSPS) is 12.6. The van der Waals surface area contributed by atoms with E-state index in [4.69, 9.17) is 14.2 Å². The second kappa shape index (κ2) is 9.50. The lowest BCUT2D eigenvalue weighted by Crippen LogP contribution is -2.13. The SMILES string of the molecule is COCCOCCOC(CBr)c1ccccc1C. The Hall–Kier alpha value is -0.420. The van der Waals surface area contributed by atoms with Crippen LogP contribution in [0.2, 0.25) is 0 Å². The Balaban J connectivity index is 2.32. The quantitative estimate of drug-likeness (QED) is 0.517. The first-order chi connectivity index (χ1) is 8.79. The van der Waals surface area contributed by atoms with Gasteiger partial charge in [0, 0.05) is 12.4 Å². The zero-order chi connectivity index (χ0) is 13.2. The van der Waals surface area contributed by atoms with Crippen molar-refractivity contribution in [2.45, 2.75) is 13.0 Å². The molecule has 0 aliphatic rings. The molecule has 1 atom stereocenters. The molecule has 0 amide bonds. The highest BCUT2D eigenvalue weighted by molar-refractivity contribution is 9.09. The molecule has 1 aromatic carbocycles. The minimum absolute atomic E-state index is 0.0808. The third kappa shape index (κ3) is 5.48. The molecule has 1 aromatic rings. The second-order valence-corrected chi connectivity index (χ2v) is 4.62. The van der Waals surface area contributed by atoms with Gasteiger partial charge in [0.1, 0.15) is 0 Å². The number of halogens is 1. The Labute approximate surface area is 118 Å². The van der Waals surface area contributed by atoms with E-state index in [1.807, 2.05) is 12.1 Å². The highest BCUT2D eigenvalue weighted by Crippen LogP contribution is 2.22. The van der Waals surface area contributed by atoms with Crippen LogP contribution in [0, 0.1) is 6.92 Å². The van der Waals surface area contributed by atoms with Crippen LogP contribution in [0.3, 0.4) is 0 Å². The fraction of sp³-hybridized carbons (Fsp3) is 0.571. The van der Waals surface area contributed by atoms with Gasteiger partial charge in [0.05, 0.1) is 32.5 Å². The van der Waals surface area contributed by atoms with Crippen LogP contribution >= 0.6 is 15.9 Å². The number of methoxy groups -OCH3 is 1. The molecular formula is C14H21BrO3. The number of alkyl halides is 1. The van der Waals surface area contributed by atoms with Crippen LogP contribution in [0.5, 0.6) is 0 Å². The van der Waals surface area contributed by atoms with Crippen LogP contribution in [-0.2, 0) is 14.2 Å². The molecule has 0 saturated heterocycles. The molecule has 0 fully saturated rings. The molecule has 102 valence electrons. The van der Waals surface area contributed by atoms with Crippen LogP contribution < -0.4 is 0 Å². The Kier molecular flexibility index (Phi) is 8.25. The topological polar surface area (TPSA) is 27.7 Å². The molecule has 0 aliphatic carbocycles. The van der Waals surface area contributed by atoms with E-state index < -0.39 is 0 Å². The van der Waals surface area contributed by atoms with Gasteiger partial charge in [-0.15, -0.1) is 0 Å². The fourth-order valence-electron chi connectivity index (χ4n) is 1.66. The molecule has 0 saturated carbocycles. The molecule has 0 bridgehead atoms. The number of ether oxygens (including phenoxy) is 3. The van der Waals surface area contributed by atoms with Crippen molar-refractivity contribution in [3.05, 3.63) is 35.4 Å². The Morgan fingerprint density at radius 3 is 2.50 bits per heavy atom. The first-order valence-electron chi connectivity index (χ1n) is 6.09.